The number of aromatic amines is 1. The molecule has 2 aromatic rings. The van der Waals surface area contributed by atoms with E-state index in [1.165, 1.54) is 0 Å². The van der Waals surface area contributed by atoms with Gasteiger partial charge in [0, 0.05) is 11.6 Å². The molecule has 4 heteroatoms. The van der Waals surface area contributed by atoms with Gasteiger partial charge in [-0.2, -0.15) is 5.10 Å². The normalized spacial score (nSPS) is 11.9. The highest BCUT2D eigenvalue weighted by atomic mass is 16.1. The van der Waals surface area contributed by atoms with E-state index in [1.807, 2.05) is 31.4 Å². The molecule has 2 rings (SSSR count). The molecule has 92 valence electrons. The van der Waals surface area contributed by atoms with Gasteiger partial charge in [0.25, 0.3) is 5.56 Å². The molecule has 17 heavy (non-hydrogen) atoms. The largest absolute Gasteiger partial charge is 0.307 e. The number of nitrogens with zero attached hydrogens (tertiary/aromatic N) is 2. The van der Waals surface area contributed by atoms with Crippen LogP contribution >= 0.6 is 0 Å². The molecule has 0 fully saturated rings. The van der Waals surface area contributed by atoms with Crippen molar-refractivity contribution in [3.8, 4) is 0 Å². The number of aromatic nitrogens is 3. The first kappa shape index (κ1) is 11.9. The molecule has 0 radical (unpaired) electrons. The molecule has 1 N–H and O–H groups in total. The second-order valence-electron chi connectivity index (χ2n) is 5.13. The topological polar surface area (TPSA) is 50.2 Å². The summed E-state index contributed by atoms with van der Waals surface area (Å²) in [4.78, 5) is 14.9. The first-order valence-corrected chi connectivity index (χ1v) is 6.04. The molecule has 4 nitrogen and oxygen atoms in total. The van der Waals surface area contributed by atoms with Crippen LogP contribution in [0, 0.1) is 6.92 Å². The lowest BCUT2D eigenvalue weighted by molar-refractivity contribution is 0.747. The maximum absolute atomic E-state index is 12.0. The molecule has 0 saturated heterocycles. The Bertz CT molecular complexity index is 605. The fraction of sp³-hybridized carbons (Fsp3) is 0.538. The smallest absolute Gasteiger partial charge is 0.254 e. The van der Waals surface area contributed by atoms with Gasteiger partial charge < -0.3 is 4.98 Å². The van der Waals surface area contributed by atoms with Crippen molar-refractivity contribution in [3.63, 3.8) is 0 Å². The lowest BCUT2D eigenvalue weighted by Gasteiger charge is -2.09. The molecule has 0 aliphatic heterocycles. The van der Waals surface area contributed by atoms with Crippen LogP contribution in [0.25, 0.3) is 5.65 Å². The van der Waals surface area contributed by atoms with Crippen molar-refractivity contribution in [1.82, 2.24) is 14.6 Å². The molecule has 0 aliphatic rings. The molecule has 0 aromatic carbocycles. The van der Waals surface area contributed by atoms with Crippen LogP contribution < -0.4 is 5.56 Å². The van der Waals surface area contributed by atoms with Gasteiger partial charge in [-0.25, -0.2) is 4.52 Å². The van der Waals surface area contributed by atoms with Crippen LogP contribution in [0.15, 0.2) is 10.9 Å². The van der Waals surface area contributed by atoms with Gasteiger partial charge >= 0.3 is 0 Å². The van der Waals surface area contributed by atoms with E-state index in [0.29, 0.717) is 5.92 Å². The fourth-order valence-electron chi connectivity index (χ4n) is 2.17. The molecule has 0 aliphatic carbocycles. The molecule has 0 unspecified atom stereocenters. The summed E-state index contributed by atoms with van der Waals surface area (Å²) < 4.78 is 1.84. The number of hydrogen-bond donors (Lipinski definition) is 1. The predicted molar refractivity (Wildman–Crippen MR) is 68.7 cm³/mol. The lowest BCUT2D eigenvalue weighted by atomic mass is 10.0. The van der Waals surface area contributed by atoms with Crippen LogP contribution in [0.2, 0.25) is 0 Å². The predicted octanol–water partition coefficient (Wildman–Crippen LogP) is 2.58. The molecule has 2 heterocycles. The monoisotopic (exact) mass is 233 g/mol. The zero-order chi connectivity index (χ0) is 12.7. The molecule has 0 amide bonds. The molecular formula is C13H19N3O. The highest BCUT2D eigenvalue weighted by Gasteiger charge is 2.15. The van der Waals surface area contributed by atoms with Crippen molar-refractivity contribution in [2.45, 2.75) is 46.5 Å². The molecular weight excluding hydrogens is 214 g/mol. The Morgan fingerprint density at radius 1 is 1.24 bits per heavy atom. The second kappa shape index (κ2) is 4.02. The summed E-state index contributed by atoms with van der Waals surface area (Å²) in [6.45, 7) is 10.2. The van der Waals surface area contributed by atoms with E-state index < -0.39 is 0 Å². The summed E-state index contributed by atoms with van der Waals surface area (Å²) >= 11 is 0. The summed E-state index contributed by atoms with van der Waals surface area (Å²) in [6, 6.07) is 1.95. The molecule has 2 aromatic heterocycles. The highest BCUT2D eigenvalue weighted by Crippen LogP contribution is 2.18. The standard InChI is InChI=1S/C13H19N3O/c1-7(2)10-6-11-14-13(17)12(8(3)4)9(5)16(11)15-10/h6-8H,1-5H3,(H,14,17). The van der Waals surface area contributed by atoms with E-state index in [9.17, 15) is 4.79 Å². The van der Waals surface area contributed by atoms with E-state index in [4.69, 9.17) is 0 Å². The second-order valence-corrected chi connectivity index (χ2v) is 5.13. The summed E-state index contributed by atoms with van der Waals surface area (Å²) in [5.74, 6) is 0.565. The van der Waals surface area contributed by atoms with Crippen molar-refractivity contribution >= 4 is 5.65 Å². The zero-order valence-corrected chi connectivity index (χ0v) is 11.0. The number of hydrogen-bond acceptors (Lipinski definition) is 2. The van der Waals surface area contributed by atoms with Gasteiger partial charge in [-0.1, -0.05) is 27.7 Å². The van der Waals surface area contributed by atoms with Crippen molar-refractivity contribution in [2.75, 3.05) is 0 Å². The highest BCUT2D eigenvalue weighted by molar-refractivity contribution is 5.43. The quantitative estimate of drug-likeness (QED) is 0.866. The maximum Gasteiger partial charge on any atom is 0.254 e. The maximum atomic E-state index is 12.0. The average Bonchev–Trinajstić information content (AvgIpc) is 2.60. The van der Waals surface area contributed by atoms with Crippen LogP contribution in [0.1, 0.15) is 56.5 Å². The molecule has 0 saturated carbocycles. The van der Waals surface area contributed by atoms with E-state index >= 15 is 0 Å². The van der Waals surface area contributed by atoms with Gasteiger partial charge in [0.15, 0.2) is 0 Å². The Labute approximate surface area is 101 Å². The number of fused-ring (bicyclic) bond motifs is 1. The SMILES string of the molecule is Cc1c(C(C)C)c(=O)[nH]c2cc(C(C)C)nn12. The molecule has 0 atom stereocenters. The van der Waals surface area contributed by atoms with Gasteiger partial charge in [-0.05, 0) is 18.8 Å². The number of H-pyrrole nitrogens is 1. The van der Waals surface area contributed by atoms with Gasteiger partial charge in [0.2, 0.25) is 0 Å². The van der Waals surface area contributed by atoms with Gasteiger partial charge in [-0.3, -0.25) is 4.79 Å². The Balaban J connectivity index is 2.78. The van der Waals surface area contributed by atoms with E-state index in [1.54, 1.807) is 0 Å². The van der Waals surface area contributed by atoms with Crippen molar-refractivity contribution in [2.24, 2.45) is 0 Å². The van der Waals surface area contributed by atoms with E-state index in [2.05, 4.69) is 23.9 Å². The third kappa shape index (κ3) is 1.88. The Morgan fingerprint density at radius 3 is 2.41 bits per heavy atom. The summed E-state index contributed by atoms with van der Waals surface area (Å²) in [6.07, 6.45) is 0. The van der Waals surface area contributed by atoms with Crippen LogP contribution in [-0.4, -0.2) is 14.6 Å². The first-order valence-electron chi connectivity index (χ1n) is 6.04. The summed E-state index contributed by atoms with van der Waals surface area (Å²) in [5, 5.41) is 4.54. The third-order valence-corrected chi connectivity index (χ3v) is 3.09. The van der Waals surface area contributed by atoms with Crippen LogP contribution in [0.4, 0.5) is 0 Å². The minimum atomic E-state index is 0.000191. The molecule has 0 bridgehead atoms. The van der Waals surface area contributed by atoms with Gasteiger partial charge in [0.1, 0.15) is 5.65 Å². The Hall–Kier alpha value is -1.58. The summed E-state index contributed by atoms with van der Waals surface area (Å²) in [5.41, 5.74) is 3.53. The first-order chi connectivity index (χ1) is 7.91. The number of nitrogens with one attached hydrogen (secondary N) is 1. The van der Waals surface area contributed by atoms with Crippen molar-refractivity contribution < 1.29 is 0 Å². The third-order valence-electron chi connectivity index (χ3n) is 3.09. The van der Waals surface area contributed by atoms with E-state index in [0.717, 1.165) is 22.6 Å². The number of rotatable bonds is 2. The zero-order valence-electron chi connectivity index (χ0n) is 11.0. The fourth-order valence-corrected chi connectivity index (χ4v) is 2.17. The minimum absolute atomic E-state index is 0.000191. The lowest BCUT2D eigenvalue weighted by Crippen LogP contribution is -2.19. The van der Waals surface area contributed by atoms with Gasteiger partial charge in [-0.15, -0.1) is 0 Å². The van der Waals surface area contributed by atoms with Crippen molar-refractivity contribution in [3.05, 3.63) is 33.4 Å². The van der Waals surface area contributed by atoms with E-state index in [-0.39, 0.29) is 11.5 Å². The van der Waals surface area contributed by atoms with Crippen LogP contribution in [0.3, 0.4) is 0 Å². The van der Waals surface area contributed by atoms with Crippen molar-refractivity contribution in [1.29, 1.82) is 0 Å². The minimum Gasteiger partial charge on any atom is -0.307 e. The number of aryl methyl sites for hydroxylation is 1. The summed E-state index contributed by atoms with van der Waals surface area (Å²) in [7, 11) is 0. The molecule has 0 spiro atoms. The Kier molecular flexibility index (Phi) is 2.81. The van der Waals surface area contributed by atoms with Gasteiger partial charge in [0.05, 0.1) is 11.4 Å². The van der Waals surface area contributed by atoms with Crippen LogP contribution in [0.5, 0.6) is 0 Å². The Morgan fingerprint density at radius 2 is 1.88 bits per heavy atom. The van der Waals surface area contributed by atoms with Crippen LogP contribution in [-0.2, 0) is 0 Å². The average molecular weight is 233 g/mol.